The van der Waals surface area contributed by atoms with E-state index in [1.807, 2.05) is 12.2 Å². The topological polar surface area (TPSA) is 54.4 Å². The zero-order chi connectivity index (χ0) is 14.8. The van der Waals surface area contributed by atoms with Gasteiger partial charge in [0.1, 0.15) is 5.25 Å². The van der Waals surface area contributed by atoms with Gasteiger partial charge in [-0.2, -0.15) is 8.42 Å². The van der Waals surface area contributed by atoms with E-state index in [-0.39, 0.29) is 5.41 Å². The van der Waals surface area contributed by atoms with Crippen LogP contribution in [0.15, 0.2) is 23.8 Å². The van der Waals surface area contributed by atoms with E-state index in [2.05, 4.69) is 34.6 Å². The Bertz CT molecular complexity index is 464. The first kappa shape index (κ1) is 16.4. The molecule has 110 valence electrons. The van der Waals surface area contributed by atoms with Crippen LogP contribution in [0.1, 0.15) is 47.5 Å². The van der Waals surface area contributed by atoms with Gasteiger partial charge in [-0.25, -0.2) is 0 Å². The molecule has 0 aromatic carbocycles. The van der Waals surface area contributed by atoms with Crippen LogP contribution >= 0.6 is 0 Å². The maximum Gasteiger partial charge on any atom is 0.271 e. The van der Waals surface area contributed by atoms with Gasteiger partial charge in [0.15, 0.2) is 0 Å². The Hall–Kier alpha value is -0.610. The molecule has 4 heteroatoms. The van der Waals surface area contributed by atoms with Crippen molar-refractivity contribution < 1.29 is 13.0 Å². The van der Waals surface area contributed by atoms with Crippen LogP contribution in [-0.2, 0) is 10.1 Å². The summed E-state index contributed by atoms with van der Waals surface area (Å²) in [5.41, 5.74) is 1.44. The molecule has 1 aliphatic rings. The van der Waals surface area contributed by atoms with E-state index in [9.17, 15) is 8.42 Å². The van der Waals surface area contributed by atoms with Crippen molar-refractivity contribution in [2.45, 2.75) is 52.7 Å². The predicted molar refractivity (Wildman–Crippen MR) is 79.6 cm³/mol. The highest BCUT2D eigenvalue weighted by Gasteiger charge is 2.27. The fourth-order valence-electron chi connectivity index (χ4n) is 2.51. The minimum Gasteiger partial charge on any atom is -0.285 e. The largest absolute Gasteiger partial charge is 0.285 e. The smallest absolute Gasteiger partial charge is 0.271 e. The van der Waals surface area contributed by atoms with Gasteiger partial charge in [0, 0.05) is 0 Å². The lowest BCUT2D eigenvalue weighted by atomic mass is 9.75. The fraction of sp³-hybridized carbons (Fsp3) is 0.733. The summed E-state index contributed by atoms with van der Waals surface area (Å²) in [6, 6.07) is 0. The molecular weight excluding hydrogens is 260 g/mol. The van der Waals surface area contributed by atoms with Crippen molar-refractivity contribution in [1.29, 1.82) is 0 Å². The third kappa shape index (κ3) is 5.11. The van der Waals surface area contributed by atoms with Crippen LogP contribution in [0.3, 0.4) is 0 Å². The quantitative estimate of drug-likeness (QED) is 0.799. The summed E-state index contributed by atoms with van der Waals surface area (Å²) < 4.78 is 31.3. The van der Waals surface area contributed by atoms with Gasteiger partial charge in [-0.15, -0.1) is 0 Å². The highest BCUT2D eigenvalue weighted by atomic mass is 32.2. The van der Waals surface area contributed by atoms with Gasteiger partial charge in [-0.1, -0.05) is 52.8 Å². The maximum atomic E-state index is 11.1. The van der Waals surface area contributed by atoms with E-state index in [1.165, 1.54) is 5.57 Å². The summed E-state index contributed by atoms with van der Waals surface area (Å²) >= 11 is 0. The normalized spacial score (nSPS) is 22.5. The van der Waals surface area contributed by atoms with E-state index in [0.29, 0.717) is 18.3 Å². The average Bonchev–Trinajstić information content (AvgIpc) is 2.23. The summed E-state index contributed by atoms with van der Waals surface area (Å²) in [6.45, 7) is 11.0. The number of allylic oxidation sites excluding steroid dienone is 3. The summed E-state index contributed by atoms with van der Waals surface area (Å²) in [7, 11) is -3.96. The first-order valence-corrected chi connectivity index (χ1v) is 8.35. The van der Waals surface area contributed by atoms with Gasteiger partial charge in [0.25, 0.3) is 10.1 Å². The lowest BCUT2D eigenvalue weighted by Crippen LogP contribution is -2.23. The van der Waals surface area contributed by atoms with Crippen LogP contribution in [0.5, 0.6) is 0 Å². The van der Waals surface area contributed by atoms with E-state index in [1.54, 1.807) is 6.08 Å². The van der Waals surface area contributed by atoms with Crippen molar-refractivity contribution in [3.63, 3.8) is 0 Å². The molecule has 0 saturated carbocycles. The second kappa shape index (κ2) is 5.80. The molecule has 1 rings (SSSR count). The number of hydrogen-bond donors (Lipinski definition) is 1. The SMILES string of the molecule is CC(C)C(CC(C)(C)C)C1=CCC(S(=O)(=O)O)C=C1. The Morgan fingerprint density at radius 3 is 2.26 bits per heavy atom. The maximum absolute atomic E-state index is 11.1. The molecule has 1 N–H and O–H groups in total. The Balaban J connectivity index is 2.86. The van der Waals surface area contributed by atoms with Crippen LogP contribution in [0.4, 0.5) is 0 Å². The van der Waals surface area contributed by atoms with Gasteiger partial charge < -0.3 is 0 Å². The Kier molecular flexibility index (Phi) is 5.02. The molecule has 0 spiro atoms. The third-order valence-corrected chi connectivity index (χ3v) is 4.65. The minimum atomic E-state index is -3.96. The molecule has 2 atom stereocenters. The highest BCUT2D eigenvalue weighted by molar-refractivity contribution is 7.86. The monoisotopic (exact) mass is 286 g/mol. The standard InChI is InChI=1S/C15H26O3S/c1-11(2)14(10-15(3,4)5)12-6-8-13(9-7-12)19(16,17)18/h6-8,11,13-14H,9-10H2,1-5H3,(H,16,17,18). The molecule has 0 amide bonds. The second-order valence-corrected chi connectivity index (χ2v) is 8.60. The Labute approximate surface area is 117 Å². The van der Waals surface area contributed by atoms with Crippen molar-refractivity contribution in [2.75, 3.05) is 0 Å². The average molecular weight is 286 g/mol. The molecule has 0 radical (unpaired) electrons. The van der Waals surface area contributed by atoms with Crippen LogP contribution in [0.25, 0.3) is 0 Å². The second-order valence-electron chi connectivity index (χ2n) is 6.97. The molecule has 0 heterocycles. The van der Waals surface area contributed by atoms with Crippen molar-refractivity contribution in [2.24, 2.45) is 17.3 Å². The van der Waals surface area contributed by atoms with Crippen LogP contribution in [0, 0.1) is 17.3 Å². The van der Waals surface area contributed by atoms with E-state index >= 15 is 0 Å². The van der Waals surface area contributed by atoms with Crippen molar-refractivity contribution in [1.82, 2.24) is 0 Å². The Morgan fingerprint density at radius 2 is 1.95 bits per heavy atom. The van der Waals surface area contributed by atoms with Gasteiger partial charge in [0.2, 0.25) is 0 Å². The first-order valence-electron chi connectivity index (χ1n) is 6.85. The minimum absolute atomic E-state index is 0.240. The first-order chi connectivity index (χ1) is 8.50. The molecule has 0 aliphatic heterocycles. The van der Waals surface area contributed by atoms with Crippen molar-refractivity contribution in [3.8, 4) is 0 Å². The summed E-state index contributed by atoms with van der Waals surface area (Å²) in [6.07, 6.45) is 6.89. The third-order valence-electron chi connectivity index (χ3n) is 3.54. The molecule has 0 fully saturated rings. The van der Waals surface area contributed by atoms with Crippen LogP contribution in [0.2, 0.25) is 0 Å². The zero-order valence-electron chi connectivity index (χ0n) is 12.6. The lowest BCUT2D eigenvalue weighted by molar-refractivity contribution is 0.275. The molecule has 0 bridgehead atoms. The lowest BCUT2D eigenvalue weighted by Gasteiger charge is -2.31. The zero-order valence-corrected chi connectivity index (χ0v) is 13.4. The Morgan fingerprint density at radius 1 is 1.37 bits per heavy atom. The van der Waals surface area contributed by atoms with Gasteiger partial charge in [0.05, 0.1) is 0 Å². The van der Waals surface area contributed by atoms with Crippen molar-refractivity contribution in [3.05, 3.63) is 23.8 Å². The van der Waals surface area contributed by atoms with E-state index in [0.717, 1.165) is 6.42 Å². The van der Waals surface area contributed by atoms with E-state index in [4.69, 9.17) is 4.55 Å². The molecular formula is C15H26O3S. The molecule has 19 heavy (non-hydrogen) atoms. The molecule has 0 aromatic rings. The molecule has 0 aromatic heterocycles. The summed E-state index contributed by atoms with van der Waals surface area (Å²) in [5, 5.41) is -0.779. The van der Waals surface area contributed by atoms with Crippen LogP contribution < -0.4 is 0 Å². The summed E-state index contributed by atoms with van der Waals surface area (Å²) in [4.78, 5) is 0. The van der Waals surface area contributed by atoms with Gasteiger partial charge in [-0.05, 0) is 35.7 Å². The predicted octanol–water partition coefficient (Wildman–Crippen LogP) is 3.84. The highest BCUT2D eigenvalue weighted by Crippen LogP contribution is 2.36. The number of rotatable bonds is 4. The molecule has 3 nitrogen and oxygen atoms in total. The van der Waals surface area contributed by atoms with E-state index < -0.39 is 15.4 Å². The summed E-state index contributed by atoms with van der Waals surface area (Å²) in [5.74, 6) is 0.941. The van der Waals surface area contributed by atoms with Gasteiger partial charge >= 0.3 is 0 Å². The van der Waals surface area contributed by atoms with Gasteiger partial charge in [-0.3, -0.25) is 4.55 Å². The van der Waals surface area contributed by atoms with Crippen LogP contribution in [-0.4, -0.2) is 18.2 Å². The fourth-order valence-corrected chi connectivity index (χ4v) is 3.13. The molecule has 0 saturated heterocycles. The number of hydrogen-bond acceptors (Lipinski definition) is 2. The molecule has 2 unspecified atom stereocenters. The molecule has 1 aliphatic carbocycles. The van der Waals surface area contributed by atoms with Crippen molar-refractivity contribution >= 4 is 10.1 Å².